The van der Waals surface area contributed by atoms with Crippen LogP contribution in [0.15, 0.2) is 0 Å². The summed E-state index contributed by atoms with van der Waals surface area (Å²) in [5, 5.41) is 9.39. The average molecular weight is 212 g/mol. The van der Waals surface area contributed by atoms with Gasteiger partial charge in [0.2, 0.25) is 5.91 Å². The second-order valence-corrected chi connectivity index (χ2v) is 4.78. The highest BCUT2D eigenvalue weighted by molar-refractivity contribution is 5.80. The molecule has 15 heavy (non-hydrogen) atoms. The molecular formula is C11H20N2O2. The molecule has 0 radical (unpaired) electrons. The molecule has 3 atom stereocenters. The predicted octanol–water partition coefficient (Wildman–Crippen LogP) is 0.0971. The number of aliphatic hydroxyl groups excluding tert-OH is 1. The molecule has 1 aliphatic carbocycles. The number of rotatable bonds is 1. The number of likely N-dealkylation sites (tertiary alicyclic amines) is 1. The summed E-state index contributed by atoms with van der Waals surface area (Å²) in [5.41, 5.74) is 5.97. The molecule has 86 valence electrons. The van der Waals surface area contributed by atoms with Crippen LogP contribution in [0.5, 0.6) is 0 Å². The molecule has 2 rings (SSSR count). The van der Waals surface area contributed by atoms with Gasteiger partial charge in [0, 0.05) is 19.1 Å². The van der Waals surface area contributed by atoms with E-state index in [1.165, 1.54) is 0 Å². The number of amides is 1. The van der Waals surface area contributed by atoms with Crippen molar-refractivity contribution in [2.75, 3.05) is 13.1 Å². The summed E-state index contributed by atoms with van der Waals surface area (Å²) in [6.45, 7) is 1.20. The lowest BCUT2D eigenvalue weighted by molar-refractivity contribution is -0.136. The zero-order chi connectivity index (χ0) is 10.8. The Kier molecular flexibility index (Phi) is 3.26. The van der Waals surface area contributed by atoms with E-state index in [0.29, 0.717) is 19.5 Å². The molecule has 4 nitrogen and oxygen atoms in total. The lowest BCUT2D eigenvalue weighted by Gasteiger charge is -2.30. The molecule has 1 saturated heterocycles. The van der Waals surface area contributed by atoms with Crippen molar-refractivity contribution in [3.05, 3.63) is 0 Å². The molecule has 0 bridgehead atoms. The Bertz CT molecular complexity index is 245. The van der Waals surface area contributed by atoms with Gasteiger partial charge in [0.05, 0.1) is 12.0 Å². The minimum atomic E-state index is -0.325. The summed E-state index contributed by atoms with van der Waals surface area (Å²) in [7, 11) is 0. The van der Waals surface area contributed by atoms with Gasteiger partial charge in [0.1, 0.15) is 0 Å². The molecule has 2 fully saturated rings. The number of nitrogens with two attached hydrogens (primary N) is 1. The van der Waals surface area contributed by atoms with E-state index in [9.17, 15) is 9.90 Å². The Labute approximate surface area is 90.4 Å². The van der Waals surface area contributed by atoms with Gasteiger partial charge in [-0.2, -0.15) is 0 Å². The quantitative estimate of drug-likeness (QED) is 0.647. The van der Waals surface area contributed by atoms with E-state index >= 15 is 0 Å². The number of hydrogen-bond donors (Lipinski definition) is 2. The first-order valence-corrected chi connectivity index (χ1v) is 5.91. The van der Waals surface area contributed by atoms with Gasteiger partial charge in [0.15, 0.2) is 0 Å². The molecule has 0 aromatic heterocycles. The second kappa shape index (κ2) is 4.49. The molecule has 1 heterocycles. The normalized spacial score (nSPS) is 36.9. The molecule has 1 amide bonds. The maximum atomic E-state index is 12.1. The highest BCUT2D eigenvalue weighted by Gasteiger charge is 2.34. The Balaban J connectivity index is 1.94. The first-order valence-electron chi connectivity index (χ1n) is 5.91. The monoisotopic (exact) mass is 212 g/mol. The summed E-state index contributed by atoms with van der Waals surface area (Å²) >= 11 is 0. The van der Waals surface area contributed by atoms with E-state index in [-0.39, 0.29) is 24.0 Å². The maximum Gasteiger partial charge on any atom is 0.227 e. The van der Waals surface area contributed by atoms with E-state index in [0.717, 1.165) is 25.7 Å². The van der Waals surface area contributed by atoms with Crippen LogP contribution in [-0.2, 0) is 4.79 Å². The van der Waals surface area contributed by atoms with Crippen LogP contribution < -0.4 is 5.73 Å². The molecular weight excluding hydrogens is 192 g/mol. The first kappa shape index (κ1) is 10.9. The van der Waals surface area contributed by atoms with Gasteiger partial charge in [-0.3, -0.25) is 4.79 Å². The smallest absolute Gasteiger partial charge is 0.227 e. The summed E-state index contributed by atoms with van der Waals surface area (Å²) < 4.78 is 0. The number of hydrogen-bond acceptors (Lipinski definition) is 3. The van der Waals surface area contributed by atoms with Gasteiger partial charge in [-0.05, 0) is 19.3 Å². The summed E-state index contributed by atoms with van der Waals surface area (Å²) in [5.74, 6) is 0.169. The van der Waals surface area contributed by atoms with Crippen molar-refractivity contribution in [2.45, 2.75) is 44.2 Å². The van der Waals surface area contributed by atoms with Gasteiger partial charge >= 0.3 is 0 Å². The molecule has 4 heteroatoms. The Hall–Kier alpha value is -0.610. The van der Waals surface area contributed by atoms with E-state index < -0.39 is 0 Å². The summed E-state index contributed by atoms with van der Waals surface area (Å²) in [6.07, 6.45) is 4.54. The Morgan fingerprint density at radius 3 is 2.60 bits per heavy atom. The molecule has 1 saturated carbocycles. The van der Waals surface area contributed by atoms with Crippen molar-refractivity contribution in [3.8, 4) is 0 Å². The van der Waals surface area contributed by atoms with Crippen LogP contribution in [0, 0.1) is 5.92 Å². The third kappa shape index (κ3) is 2.32. The van der Waals surface area contributed by atoms with Crippen molar-refractivity contribution in [1.29, 1.82) is 0 Å². The summed E-state index contributed by atoms with van der Waals surface area (Å²) in [4.78, 5) is 13.9. The van der Waals surface area contributed by atoms with Gasteiger partial charge in [-0.1, -0.05) is 12.8 Å². The van der Waals surface area contributed by atoms with Crippen LogP contribution in [0.3, 0.4) is 0 Å². The molecule has 0 spiro atoms. The fraction of sp³-hybridized carbons (Fsp3) is 0.909. The van der Waals surface area contributed by atoms with Gasteiger partial charge in [0.25, 0.3) is 0 Å². The van der Waals surface area contributed by atoms with E-state index in [1.807, 2.05) is 0 Å². The van der Waals surface area contributed by atoms with Crippen molar-refractivity contribution >= 4 is 5.91 Å². The third-order valence-electron chi connectivity index (χ3n) is 3.61. The van der Waals surface area contributed by atoms with Crippen LogP contribution in [0.4, 0.5) is 0 Å². The van der Waals surface area contributed by atoms with Crippen LogP contribution in [0.2, 0.25) is 0 Å². The van der Waals surface area contributed by atoms with Crippen molar-refractivity contribution in [1.82, 2.24) is 4.90 Å². The maximum absolute atomic E-state index is 12.1. The number of aliphatic hydroxyl groups is 1. The number of carbonyl (C=O) groups excluding carboxylic acids is 1. The zero-order valence-electron chi connectivity index (χ0n) is 9.06. The minimum Gasteiger partial charge on any atom is -0.391 e. The standard InChI is InChI=1S/C11H20N2O2/c12-10-4-2-1-3-9(10)11(15)13-6-5-8(14)7-13/h8-10,14H,1-7,12H2/t8-,9?,10?/m1/s1. The number of β-amino-alcohol motifs (C(OH)–C–C–N with tert-alkyl or cyclic N) is 1. The predicted molar refractivity (Wildman–Crippen MR) is 57.1 cm³/mol. The lowest BCUT2D eigenvalue weighted by Crippen LogP contribution is -2.45. The second-order valence-electron chi connectivity index (χ2n) is 4.78. The molecule has 1 aliphatic heterocycles. The highest BCUT2D eigenvalue weighted by atomic mass is 16.3. The fourth-order valence-electron chi connectivity index (χ4n) is 2.64. The van der Waals surface area contributed by atoms with Crippen molar-refractivity contribution in [2.24, 2.45) is 11.7 Å². The topological polar surface area (TPSA) is 66.6 Å². The number of nitrogens with zero attached hydrogens (tertiary/aromatic N) is 1. The van der Waals surface area contributed by atoms with Crippen molar-refractivity contribution in [3.63, 3.8) is 0 Å². The lowest BCUT2D eigenvalue weighted by atomic mass is 9.84. The molecule has 2 aliphatic rings. The van der Waals surface area contributed by atoms with Crippen LogP contribution in [0.1, 0.15) is 32.1 Å². The SMILES string of the molecule is NC1CCCCC1C(=O)N1CC[C@@H](O)C1. The third-order valence-corrected chi connectivity index (χ3v) is 3.61. The van der Waals surface area contributed by atoms with Gasteiger partial charge in [-0.25, -0.2) is 0 Å². The largest absolute Gasteiger partial charge is 0.391 e. The first-order chi connectivity index (χ1) is 7.18. The van der Waals surface area contributed by atoms with Crippen LogP contribution >= 0.6 is 0 Å². The molecule has 0 aromatic rings. The zero-order valence-corrected chi connectivity index (χ0v) is 9.06. The number of carbonyl (C=O) groups is 1. The van der Waals surface area contributed by atoms with Crippen LogP contribution in [0.25, 0.3) is 0 Å². The highest BCUT2D eigenvalue weighted by Crippen LogP contribution is 2.26. The summed E-state index contributed by atoms with van der Waals surface area (Å²) in [6, 6.07) is 0.0315. The van der Waals surface area contributed by atoms with E-state index in [4.69, 9.17) is 5.73 Å². The molecule has 2 unspecified atom stereocenters. The van der Waals surface area contributed by atoms with Crippen molar-refractivity contribution < 1.29 is 9.90 Å². The Morgan fingerprint density at radius 1 is 1.27 bits per heavy atom. The average Bonchev–Trinajstić information content (AvgIpc) is 2.65. The molecule has 3 N–H and O–H groups in total. The fourth-order valence-corrected chi connectivity index (χ4v) is 2.64. The van der Waals surface area contributed by atoms with Crippen LogP contribution in [-0.4, -0.2) is 41.1 Å². The van der Waals surface area contributed by atoms with Gasteiger partial charge in [-0.15, -0.1) is 0 Å². The van der Waals surface area contributed by atoms with E-state index in [2.05, 4.69) is 0 Å². The van der Waals surface area contributed by atoms with E-state index in [1.54, 1.807) is 4.90 Å². The molecule has 0 aromatic carbocycles. The minimum absolute atomic E-state index is 0.00375. The Morgan fingerprint density at radius 2 is 2.00 bits per heavy atom. The van der Waals surface area contributed by atoms with Gasteiger partial charge < -0.3 is 15.7 Å².